The molecule has 0 bridgehead atoms. The number of hydrogen-bond acceptors (Lipinski definition) is 2. The summed E-state index contributed by atoms with van der Waals surface area (Å²) in [6, 6.07) is 0.680. The van der Waals surface area contributed by atoms with Gasteiger partial charge >= 0.3 is 0 Å². The molecule has 2 saturated heterocycles. The van der Waals surface area contributed by atoms with E-state index in [4.69, 9.17) is 0 Å². The molecule has 0 amide bonds. The first-order chi connectivity index (χ1) is 5.77. The minimum atomic E-state index is -0.263. The van der Waals surface area contributed by atoms with Gasteiger partial charge in [-0.05, 0) is 32.7 Å². The second-order valence-electron chi connectivity index (χ2n) is 3.93. The Bertz CT molecular complexity index is 198. The van der Waals surface area contributed by atoms with Gasteiger partial charge in [-0.15, -0.1) is 0 Å². The average molecular weight is 167 g/mol. The van der Waals surface area contributed by atoms with Crippen LogP contribution in [0.1, 0.15) is 26.2 Å². The summed E-state index contributed by atoms with van der Waals surface area (Å²) in [6.07, 6.45) is 5.59. The summed E-state index contributed by atoms with van der Waals surface area (Å²) >= 11 is 0. The summed E-state index contributed by atoms with van der Waals surface area (Å²) in [5.41, 5.74) is 1.47. The molecule has 0 aliphatic carbocycles. The molecule has 0 aromatic carbocycles. The molecule has 0 spiro atoms. The van der Waals surface area contributed by atoms with Crippen LogP contribution in [-0.2, 0) is 0 Å². The Morgan fingerprint density at radius 1 is 1.58 bits per heavy atom. The van der Waals surface area contributed by atoms with Crippen molar-refractivity contribution >= 4 is 0 Å². The zero-order chi connectivity index (χ0) is 8.55. The van der Waals surface area contributed by atoms with Gasteiger partial charge in [0.15, 0.2) is 0 Å². The van der Waals surface area contributed by atoms with Crippen molar-refractivity contribution in [2.75, 3.05) is 13.1 Å². The van der Waals surface area contributed by atoms with Crippen LogP contribution >= 0.6 is 0 Å². The number of fused-ring (bicyclic) bond motifs is 1. The molecule has 1 N–H and O–H groups in total. The molecule has 0 saturated carbocycles. The van der Waals surface area contributed by atoms with Crippen LogP contribution in [0.4, 0.5) is 0 Å². The molecular weight excluding hydrogens is 150 g/mol. The molecule has 2 aliphatic heterocycles. The van der Waals surface area contributed by atoms with E-state index in [-0.39, 0.29) is 6.10 Å². The van der Waals surface area contributed by atoms with Gasteiger partial charge in [0.05, 0.1) is 6.10 Å². The van der Waals surface area contributed by atoms with Gasteiger partial charge in [0, 0.05) is 12.6 Å². The topological polar surface area (TPSA) is 23.5 Å². The van der Waals surface area contributed by atoms with E-state index in [9.17, 15) is 5.11 Å². The standard InChI is InChI=1S/C10H17NO/c1-8(12)7-9-4-6-11-5-2-3-10(9)11/h7-8,10,12H,2-6H2,1H3/b9-7-. The van der Waals surface area contributed by atoms with Crippen LogP contribution in [0.2, 0.25) is 0 Å². The fraction of sp³-hybridized carbons (Fsp3) is 0.800. The fourth-order valence-electron chi connectivity index (χ4n) is 2.46. The Kier molecular flexibility index (Phi) is 2.20. The molecule has 2 nitrogen and oxygen atoms in total. The van der Waals surface area contributed by atoms with Gasteiger partial charge in [-0.3, -0.25) is 4.90 Å². The molecule has 2 unspecified atom stereocenters. The smallest absolute Gasteiger partial charge is 0.0695 e. The minimum Gasteiger partial charge on any atom is -0.389 e. The largest absolute Gasteiger partial charge is 0.389 e. The number of aliphatic hydroxyl groups excluding tert-OH is 1. The van der Waals surface area contributed by atoms with Crippen molar-refractivity contribution in [2.24, 2.45) is 0 Å². The molecule has 0 radical (unpaired) electrons. The van der Waals surface area contributed by atoms with E-state index < -0.39 is 0 Å². The van der Waals surface area contributed by atoms with Crippen LogP contribution in [0.5, 0.6) is 0 Å². The third kappa shape index (κ3) is 1.41. The highest BCUT2D eigenvalue weighted by Gasteiger charge is 2.32. The summed E-state index contributed by atoms with van der Waals surface area (Å²) in [7, 11) is 0. The molecule has 2 heterocycles. The van der Waals surface area contributed by atoms with E-state index >= 15 is 0 Å². The summed E-state index contributed by atoms with van der Waals surface area (Å²) < 4.78 is 0. The lowest BCUT2D eigenvalue weighted by atomic mass is 10.0. The van der Waals surface area contributed by atoms with Crippen LogP contribution in [0.25, 0.3) is 0 Å². The lowest BCUT2D eigenvalue weighted by molar-refractivity contribution is 0.242. The molecule has 0 aromatic heterocycles. The first kappa shape index (κ1) is 8.27. The highest BCUT2D eigenvalue weighted by Crippen LogP contribution is 2.32. The first-order valence-corrected chi connectivity index (χ1v) is 4.90. The van der Waals surface area contributed by atoms with E-state index in [2.05, 4.69) is 4.90 Å². The van der Waals surface area contributed by atoms with Crippen molar-refractivity contribution in [3.05, 3.63) is 11.6 Å². The van der Waals surface area contributed by atoms with E-state index in [1.54, 1.807) is 0 Å². The summed E-state index contributed by atoms with van der Waals surface area (Å²) in [5, 5.41) is 9.24. The Labute approximate surface area is 73.9 Å². The molecule has 12 heavy (non-hydrogen) atoms. The molecule has 68 valence electrons. The number of hydrogen-bond donors (Lipinski definition) is 1. The van der Waals surface area contributed by atoms with Crippen LogP contribution < -0.4 is 0 Å². The van der Waals surface area contributed by atoms with Gasteiger partial charge in [0.2, 0.25) is 0 Å². The van der Waals surface area contributed by atoms with Crippen molar-refractivity contribution in [3.63, 3.8) is 0 Å². The normalized spacial score (nSPS) is 35.8. The lowest BCUT2D eigenvalue weighted by Crippen LogP contribution is -2.22. The van der Waals surface area contributed by atoms with E-state index in [1.807, 2.05) is 13.0 Å². The Morgan fingerprint density at radius 2 is 2.42 bits per heavy atom. The predicted octanol–water partition coefficient (Wildman–Crippen LogP) is 1.16. The SMILES string of the molecule is CC(O)/C=C1/CCN2CCCC12. The van der Waals surface area contributed by atoms with Crippen molar-refractivity contribution in [1.29, 1.82) is 0 Å². The van der Waals surface area contributed by atoms with Crippen LogP contribution in [0, 0.1) is 0 Å². The maximum absolute atomic E-state index is 9.24. The first-order valence-electron chi connectivity index (χ1n) is 4.90. The monoisotopic (exact) mass is 167 g/mol. The summed E-state index contributed by atoms with van der Waals surface area (Å²) in [4.78, 5) is 2.54. The van der Waals surface area contributed by atoms with Gasteiger partial charge in [-0.25, -0.2) is 0 Å². The maximum Gasteiger partial charge on any atom is 0.0695 e. The second-order valence-corrected chi connectivity index (χ2v) is 3.93. The molecule has 2 aliphatic rings. The number of nitrogens with zero attached hydrogens (tertiary/aromatic N) is 1. The number of rotatable bonds is 1. The molecule has 2 heteroatoms. The molecular formula is C10H17NO. The van der Waals surface area contributed by atoms with Crippen LogP contribution in [0.15, 0.2) is 11.6 Å². The Balaban J connectivity index is 2.08. The van der Waals surface area contributed by atoms with Gasteiger partial charge in [-0.2, -0.15) is 0 Å². The highest BCUT2D eigenvalue weighted by molar-refractivity contribution is 5.19. The lowest BCUT2D eigenvalue weighted by Gasteiger charge is -2.14. The van der Waals surface area contributed by atoms with E-state index in [1.165, 1.54) is 37.9 Å². The third-order valence-electron chi connectivity index (χ3n) is 2.93. The zero-order valence-corrected chi connectivity index (χ0v) is 7.66. The van der Waals surface area contributed by atoms with Crippen LogP contribution in [0.3, 0.4) is 0 Å². The molecule has 0 aromatic rings. The van der Waals surface area contributed by atoms with Gasteiger partial charge in [0.1, 0.15) is 0 Å². The fourth-order valence-corrected chi connectivity index (χ4v) is 2.46. The quantitative estimate of drug-likeness (QED) is 0.592. The Morgan fingerprint density at radius 3 is 3.17 bits per heavy atom. The average Bonchev–Trinajstić information content (AvgIpc) is 2.52. The molecule has 2 rings (SSSR count). The van der Waals surface area contributed by atoms with Gasteiger partial charge in [0.25, 0.3) is 0 Å². The van der Waals surface area contributed by atoms with Crippen molar-refractivity contribution in [3.8, 4) is 0 Å². The van der Waals surface area contributed by atoms with Gasteiger partial charge < -0.3 is 5.11 Å². The van der Waals surface area contributed by atoms with E-state index in [0.717, 1.165) is 0 Å². The van der Waals surface area contributed by atoms with Crippen molar-refractivity contribution < 1.29 is 5.11 Å². The van der Waals surface area contributed by atoms with Gasteiger partial charge in [-0.1, -0.05) is 11.6 Å². The second kappa shape index (κ2) is 3.19. The minimum absolute atomic E-state index is 0.263. The van der Waals surface area contributed by atoms with E-state index in [0.29, 0.717) is 6.04 Å². The zero-order valence-electron chi connectivity index (χ0n) is 7.66. The predicted molar refractivity (Wildman–Crippen MR) is 49.0 cm³/mol. The van der Waals surface area contributed by atoms with Crippen LogP contribution in [-0.4, -0.2) is 35.2 Å². The third-order valence-corrected chi connectivity index (χ3v) is 2.93. The number of aliphatic hydroxyl groups is 1. The van der Waals surface area contributed by atoms with Crippen molar-refractivity contribution in [1.82, 2.24) is 4.90 Å². The van der Waals surface area contributed by atoms with Crippen molar-refractivity contribution in [2.45, 2.75) is 38.3 Å². The Hall–Kier alpha value is -0.340. The highest BCUT2D eigenvalue weighted by atomic mass is 16.3. The molecule has 2 fully saturated rings. The molecule has 2 atom stereocenters. The maximum atomic E-state index is 9.24. The summed E-state index contributed by atoms with van der Waals surface area (Å²) in [6.45, 7) is 4.32. The summed E-state index contributed by atoms with van der Waals surface area (Å²) in [5.74, 6) is 0.